The number of nitrogens with zero attached hydrogens (tertiary/aromatic N) is 4. The van der Waals surface area contributed by atoms with Gasteiger partial charge in [-0.1, -0.05) is 13.0 Å². The summed E-state index contributed by atoms with van der Waals surface area (Å²) in [5.74, 6) is -0.0972. The highest BCUT2D eigenvalue weighted by Gasteiger charge is 2.19. The monoisotopic (exact) mass is 422 g/mol. The van der Waals surface area contributed by atoms with Crippen LogP contribution >= 0.6 is 11.3 Å². The second-order valence-corrected chi connectivity index (χ2v) is 7.10. The normalized spacial score (nSPS) is 10.7. The number of amides is 1. The molecule has 9 nitrogen and oxygen atoms in total. The van der Waals surface area contributed by atoms with Gasteiger partial charge < -0.3 is 9.72 Å². The molecule has 1 amide bonds. The van der Waals surface area contributed by atoms with Crippen molar-refractivity contribution < 1.29 is 14.3 Å². The fourth-order valence-corrected chi connectivity index (χ4v) is 3.69. The van der Waals surface area contributed by atoms with E-state index in [-0.39, 0.29) is 5.91 Å². The molecule has 0 radical (unpaired) electrons. The van der Waals surface area contributed by atoms with Gasteiger partial charge >= 0.3 is 5.97 Å². The van der Waals surface area contributed by atoms with E-state index in [4.69, 9.17) is 4.74 Å². The molecule has 0 spiro atoms. The fourth-order valence-electron chi connectivity index (χ4n) is 2.98. The van der Waals surface area contributed by atoms with Crippen molar-refractivity contribution in [1.82, 2.24) is 24.7 Å². The first-order valence-corrected chi connectivity index (χ1v) is 10.0. The predicted octanol–water partition coefficient (Wildman–Crippen LogP) is 3.32. The Bertz CT molecular complexity index is 1190. The lowest BCUT2D eigenvalue weighted by molar-refractivity contribution is 0.0594. The molecule has 0 unspecified atom stereocenters. The van der Waals surface area contributed by atoms with Crippen LogP contribution in [0.4, 0.5) is 5.13 Å². The second-order valence-electron chi connectivity index (χ2n) is 6.24. The minimum absolute atomic E-state index is 0.292. The number of carbonyl (C=O) groups excluding carboxylic acids is 2. The zero-order valence-corrected chi connectivity index (χ0v) is 17.1. The molecule has 0 saturated heterocycles. The highest BCUT2D eigenvalue weighted by Crippen LogP contribution is 2.26. The molecule has 30 heavy (non-hydrogen) atoms. The largest absolute Gasteiger partial charge is 0.464 e. The summed E-state index contributed by atoms with van der Waals surface area (Å²) in [6.45, 7) is 1.96. The number of hydrogen-bond acceptors (Lipinski definition) is 7. The van der Waals surface area contributed by atoms with Gasteiger partial charge in [0.1, 0.15) is 5.69 Å². The van der Waals surface area contributed by atoms with Crippen LogP contribution in [-0.2, 0) is 11.2 Å². The Morgan fingerprint density at radius 3 is 2.93 bits per heavy atom. The average molecular weight is 422 g/mol. The average Bonchev–Trinajstić information content (AvgIpc) is 3.52. The molecule has 0 aromatic carbocycles. The number of anilines is 1. The number of thiazole rings is 1. The van der Waals surface area contributed by atoms with Gasteiger partial charge in [-0.3, -0.25) is 10.1 Å². The first-order chi connectivity index (χ1) is 14.6. The molecule has 152 valence electrons. The molecular formula is C20H18N6O3S. The number of esters is 1. The van der Waals surface area contributed by atoms with E-state index in [0.29, 0.717) is 34.3 Å². The smallest absolute Gasteiger partial charge is 0.354 e. The van der Waals surface area contributed by atoms with Crippen molar-refractivity contribution in [3.8, 4) is 17.1 Å². The number of aromatic nitrogens is 5. The number of pyridine rings is 1. The number of H-pyrrole nitrogens is 1. The number of aromatic amines is 1. The Morgan fingerprint density at radius 1 is 1.33 bits per heavy atom. The van der Waals surface area contributed by atoms with E-state index in [1.165, 1.54) is 24.6 Å². The number of hydrogen-bond donors (Lipinski definition) is 2. The third kappa shape index (κ3) is 3.72. The highest BCUT2D eigenvalue weighted by atomic mass is 32.1. The van der Waals surface area contributed by atoms with Crippen molar-refractivity contribution >= 4 is 28.3 Å². The number of ether oxygens (including phenoxy) is 1. The fraction of sp³-hybridized carbons (Fsp3) is 0.150. The Balaban J connectivity index is 1.53. The summed E-state index contributed by atoms with van der Waals surface area (Å²) >= 11 is 1.29. The molecule has 0 fully saturated rings. The van der Waals surface area contributed by atoms with Gasteiger partial charge in [0.05, 0.1) is 30.3 Å². The van der Waals surface area contributed by atoms with Crippen molar-refractivity contribution in [2.75, 3.05) is 12.4 Å². The van der Waals surface area contributed by atoms with Crippen LogP contribution in [-0.4, -0.2) is 43.7 Å². The van der Waals surface area contributed by atoms with Crippen LogP contribution in [0.15, 0.2) is 48.2 Å². The Kier molecular flexibility index (Phi) is 5.40. The van der Waals surface area contributed by atoms with Crippen molar-refractivity contribution in [3.63, 3.8) is 0 Å². The molecule has 10 heteroatoms. The Morgan fingerprint density at radius 2 is 2.20 bits per heavy atom. The Labute approximate surface area is 175 Å². The molecule has 0 aliphatic carbocycles. The van der Waals surface area contributed by atoms with Crippen LogP contribution in [0, 0.1) is 0 Å². The van der Waals surface area contributed by atoms with E-state index in [2.05, 4.69) is 25.4 Å². The quantitative estimate of drug-likeness (QED) is 0.461. The molecule has 4 aromatic rings. The maximum Gasteiger partial charge on any atom is 0.354 e. The van der Waals surface area contributed by atoms with Crippen molar-refractivity contribution in [2.45, 2.75) is 13.3 Å². The summed E-state index contributed by atoms with van der Waals surface area (Å²) in [6.07, 6.45) is 5.49. The number of carbonyl (C=O) groups is 2. The predicted molar refractivity (Wildman–Crippen MR) is 112 cm³/mol. The summed E-state index contributed by atoms with van der Waals surface area (Å²) in [5, 5.41) is 9.40. The molecule has 0 atom stereocenters. The van der Waals surface area contributed by atoms with Crippen molar-refractivity contribution in [3.05, 3.63) is 65.2 Å². The van der Waals surface area contributed by atoms with Gasteiger partial charge in [0.15, 0.2) is 10.9 Å². The van der Waals surface area contributed by atoms with Gasteiger partial charge in [-0.2, -0.15) is 5.10 Å². The lowest BCUT2D eigenvalue weighted by Crippen LogP contribution is -2.14. The van der Waals surface area contributed by atoms with Crippen LogP contribution in [0.2, 0.25) is 0 Å². The highest BCUT2D eigenvalue weighted by molar-refractivity contribution is 7.14. The van der Waals surface area contributed by atoms with E-state index < -0.39 is 5.97 Å². The van der Waals surface area contributed by atoms with Crippen molar-refractivity contribution in [1.29, 1.82) is 0 Å². The number of rotatable bonds is 6. The molecule has 4 rings (SSSR count). The molecule has 0 bridgehead atoms. The van der Waals surface area contributed by atoms with Crippen LogP contribution in [0.25, 0.3) is 17.1 Å². The first-order valence-electron chi connectivity index (χ1n) is 9.13. The van der Waals surface area contributed by atoms with Gasteiger partial charge in [0.2, 0.25) is 0 Å². The SMILES string of the molecule is CCc1c(C(=O)Nc2nc(-c3c[nH]c(C(=O)OC)c3)cs2)cnn1-c1ccccn1. The van der Waals surface area contributed by atoms with E-state index in [9.17, 15) is 9.59 Å². The standard InChI is InChI=1S/C20H18N6O3S/c1-3-16-13(10-23-26(16)17-6-4-5-7-21-17)18(27)25-20-24-15(11-30-20)12-8-14(22-9-12)19(28)29-2/h4-11,22H,3H2,1-2H3,(H,24,25,27). The lowest BCUT2D eigenvalue weighted by atomic mass is 10.2. The molecule has 4 heterocycles. The van der Waals surface area contributed by atoms with E-state index in [0.717, 1.165) is 11.3 Å². The molecule has 0 saturated carbocycles. The summed E-state index contributed by atoms with van der Waals surface area (Å²) in [5.41, 5.74) is 2.93. The molecule has 4 aromatic heterocycles. The molecular weight excluding hydrogens is 404 g/mol. The Hall–Kier alpha value is -3.79. The van der Waals surface area contributed by atoms with Gasteiger partial charge in [-0.25, -0.2) is 19.4 Å². The second kappa shape index (κ2) is 8.29. The van der Waals surface area contributed by atoms with Crippen LogP contribution in [0.1, 0.15) is 33.5 Å². The molecule has 0 aliphatic rings. The first kappa shape index (κ1) is 19.5. The van der Waals surface area contributed by atoms with Crippen LogP contribution in [0.5, 0.6) is 0 Å². The number of nitrogens with one attached hydrogen (secondary N) is 2. The lowest BCUT2D eigenvalue weighted by Gasteiger charge is -2.06. The van der Waals surface area contributed by atoms with Gasteiger partial charge in [0, 0.05) is 23.3 Å². The van der Waals surface area contributed by atoms with E-state index >= 15 is 0 Å². The summed E-state index contributed by atoms with van der Waals surface area (Å²) in [6, 6.07) is 7.18. The summed E-state index contributed by atoms with van der Waals surface area (Å²) in [4.78, 5) is 36.0. The van der Waals surface area contributed by atoms with Gasteiger partial charge in [0.25, 0.3) is 5.91 Å². The minimum Gasteiger partial charge on any atom is -0.464 e. The molecule has 2 N–H and O–H groups in total. The third-order valence-electron chi connectivity index (χ3n) is 4.42. The zero-order valence-electron chi connectivity index (χ0n) is 16.2. The van der Waals surface area contributed by atoms with Crippen LogP contribution in [0.3, 0.4) is 0 Å². The molecule has 0 aliphatic heterocycles. The topological polar surface area (TPSA) is 115 Å². The number of methoxy groups -OCH3 is 1. The maximum absolute atomic E-state index is 12.8. The maximum atomic E-state index is 12.8. The van der Waals surface area contributed by atoms with Gasteiger partial charge in [-0.05, 0) is 24.6 Å². The summed E-state index contributed by atoms with van der Waals surface area (Å²) in [7, 11) is 1.32. The van der Waals surface area contributed by atoms with E-state index in [1.807, 2.05) is 25.1 Å². The minimum atomic E-state index is -0.456. The van der Waals surface area contributed by atoms with E-state index in [1.54, 1.807) is 28.5 Å². The van der Waals surface area contributed by atoms with Crippen LogP contribution < -0.4 is 5.32 Å². The third-order valence-corrected chi connectivity index (χ3v) is 5.18. The van der Waals surface area contributed by atoms with Crippen molar-refractivity contribution in [2.24, 2.45) is 0 Å². The van der Waals surface area contributed by atoms with Gasteiger partial charge in [-0.15, -0.1) is 11.3 Å². The summed E-state index contributed by atoms with van der Waals surface area (Å²) < 4.78 is 6.35. The zero-order chi connectivity index (χ0) is 21.1.